The van der Waals surface area contributed by atoms with Crippen LogP contribution in [0.5, 0.6) is 11.6 Å². The van der Waals surface area contributed by atoms with Gasteiger partial charge < -0.3 is 14.4 Å². The summed E-state index contributed by atoms with van der Waals surface area (Å²) in [6.07, 6.45) is 5.33. The second kappa shape index (κ2) is 8.03. The molecule has 1 aromatic heterocycles. The number of likely N-dealkylation sites (N-methyl/N-ethyl adjacent to an activating group) is 1. The van der Waals surface area contributed by atoms with E-state index in [1.54, 1.807) is 25.4 Å². The van der Waals surface area contributed by atoms with E-state index in [1.807, 2.05) is 18.0 Å². The third-order valence-corrected chi connectivity index (χ3v) is 6.22. The van der Waals surface area contributed by atoms with E-state index in [-0.39, 0.29) is 17.6 Å². The van der Waals surface area contributed by atoms with Gasteiger partial charge in [-0.2, -0.15) is 0 Å². The minimum Gasteiger partial charge on any atom is -0.486 e. The topological polar surface area (TPSA) is 54.9 Å². The van der Waals surface area contributed by atoms with Crippen molar-refractivity contribution >= 4 is 5.91 Å². The minimum atomic E-state index is -0.177. The molecule has 1 aliphatic carbocycles. The molecule has 1 spiro atoms. The number of pyridine rings is 1. The van der Waals surface area contributed by atoms with Crippen molar-refractivity contribution in [3.05, 3.63) is 53.7 Å². The van der Waals surface area contributed by atoms with Gasteiger partial charge in [-0.1, -0.05) is 18.2 Å². The summed E-state index contributed by atoms with van der Waals surface area (Å²) in [7, 11) is 5.62. The highest BCUT2D eigenvalue weighted by Gasteiger charge is 2.41. The molecule has 0 N–H and O–H groups in total. The van der Waals surface area contributed by atoms with Gasteiger partial charge in [-0.05, 0) is 44.9 Å². The lowest BCUT2D eigenvalue weighted by Crippen LogP contribution is -2.51. The summed E-state index contributed by atoms with van der Waals surface area (Å²) in [5.74, 6) is 1.52. The average Bonchev–Trinajstić information content (AvgIpc) is 2.88. The molecule has 2 heterocycles. The summed E-state index contributed by atoms with van der Waals surface area (Å²) in [4.78, 5) is 21.3. The molecule has 0 radical (unpaired) electrons. The Bertz CT molecular complexity index is 860. The summed E-state index contributed by atoms with van der Waals surface area (Å²) >= 11 is 0. The highest BCUT2D eigenvalue weighted by Crippen LogP contribution is 2.39. The Balaban J connectivity index is 1.43. The molecule has 6 nitrogen and oxygen atoms in total. The van der Waals surface area contributed by atoms with E-state index in [1.165, 1.54) is 5.56 Å². The zero-order valence-corrected chi connectivity index (χ0v) is 17.4. The maximum absolute atomic E-state index is 12.9. The fourth-order valence-corrected chi connectivity index (χ4v) is 4.61. The monoisotopic (exact) mass is 395 g/mol. The Labute approximate surface area is 172 Å². The minimum absolute atomic E-state index is 0.00496. The molecule has 6 heteroatoms. The SMILES string of the molecule is COc1ccc(C(=O)N(C)C2CCC3(CC2)CN(C)Cc2ccccc2O3)cn1. The molecule has 1 aromatic carbocycles. The van der Waals surface area contributed by atoms with Crippen LogP contribution in [0.25, 0.3) is 0 Å². The molecule has 154 valence electrons. The smallest absolute Gasteiger partial charge is 0.255 e. The van der Waals surface area contributed by atoms with Crippen LogP contribution in [-0.2, 0) is 6.54 Å². The summed E-state index contributed by atoms with van der Waals surface area (Å²) in [6, 6.07) is 12.0. The first-order valence-electron chi connectivity index (χ1n) is 10.2. The molecule has 0 saturated heterocycles. The van der Waals surface area contributed by atoms with Gasteiger partial charge in [-0.3, -0.25) is 9.69 Å². The largest absolute Gasteiger partial charge is 0.486 e. The van der Waals surface area contributed by atoms with E-state index < -0.39 is 0 Å². The molecule has 0 unspecified atom stereocenters. The van der Waals surface area contributed by atoms with E-state index >= 15 is 0 Å². The van der Waals surface area contributed by atoms with Crippen LogP contribution in [0.15, 0.2) is 42.6 Å². The molecule has 4 rings (SSSR count). The predicted octanol–water partition coefficient (Wildman–Crippen LogP) is 3.37. The van der Waals surface area contributed by atoms with Gasteiger partial charge in [0.1, 0.15) is 11.4 Å². The summed E-state index contributed by atoms with van der Waals surface area (Å²) < 4.78 is 11.7. The predicted molar refractivity (Wildman–Crippen MR) is 111 cm³/mol. The number of fused-ring (bicyclic) bond motifs is 1. The number of hydrogen-bond donors (Lipinski definition) is 0. The standard InChI is InChI=1S/C23H29N3O3/c1-25-15-18-6-4-5-7-20(18)29-23(16-25)12-10-19(11-13-23)26(2)22(27)17-8-9-21(28-3)24-14-17/h4-9,14,19H,10-13,15-16H2,1-3H3. The second-order valence-corrected chi connectivity index (χ2v) is 8.30. The van der Waals surface area contributed by atoms with Gasteiger partial charge in [0.05, 0.1) is 12.7 Å². The Morgan fingerprint density at radius 2 is 2.00 bits per heavy atom. The zero-order chi connectivity index (χ0) is 20.4. The Morgan fingerprint density at radius 1 is 1.24 bits per heavy atom. The normalized spacial score (nSPS) is 24.3. The second-order valence-electron chi connectivity index (χ2n) is 8.30. The number of methoxy groups -OCH3 is 1. The first-order valence-corrected chi connectivity index (χ1v) is 10.2. The van der Waals surface area contributed by atoms with Crippen molar-refractivity contribution in [3.63, 3.8) is 0 Å². The molecule has 0 atom stereocenters. The number of nitrogens with zero attached hydrogens (tertiary/aromatic N) is 3. The van der Waals surface area contributed by atoms with Gasteiger partial charge in [0.15, 0.2) is 0 Å². The van der Waals surface area contributed by atoms with Gasteiger partial charge in [0.25, 0.3) is 5.91 Å². The average molecular weight is 396 g/mol. The summed E-state index contributed by atoms with van der Waals surface area (Å²) in [6.45, 7) is 1.82. The molecule has 2 aliphatic rings. The number of rotatable bonds is 3. The van der Waals surface area contributed by atoms with Crippen molar-refractivity contribution in [1.82, 2.24) is 14.8 Å². The number of ether oxygens (including phenoxy) is 2. The highest BCUT2D eigenvalue weighted by molar-refractivity contribution is 5.94. The van der Waals surface area contributed by atoms with Crippen molar-refractivity contribution in [3.8, 4) is 11.6 Å². The van der Waals surface area contributed by atoms with Gasteiger partial charge in [0, 0.05) is 44.0 Å². The van der Waals surface area contributed by atoms with Crippen molar-refractivity contribution in [2.45, 2.75) is 43.9 Å². The lowest BCUT2D eigenvalue weighted by molar-refractivity contribution is -0.00843. The zero-order valence-electron chi connectivity index (χ0n) is 17.4. The van der Waals surface area contributed by atoms with Gasteiger partial charge in [-0.25, -0.2) is 4.98 Å². The molecule has 2 aromatic rings. The van der Waals surface area contributed by atoms with Crippen LogP contribution < -0.4 is 9.47 Å². The fraction of sp³-hybridized carbons (Fsp3) is 0.478. The van der Waals surface area contributed by atoms with Gasteiger partial charge in [0.2, 0.25) is 5.88 Å². The molecular formula is C23H29N3O3. The van der Waals surface area contributed by atoms with E-state index in [0.717, 1.165) is 44.5 Å². The van der Waals surface area contributed by atoms with E-state index in [4.69, 9.17) is 9.47 Å². The van der Waals surface area contributed by atoms with Crippen molar-refractivity contribution in [2.75, 3.05) is 27.7 Å². The van der Waals surface area contributed by atoms with Crippen LogP contribution in [0.4, 0.5) is 0 Å². The van der Waals surface area contributed by atoms with Crippen molar-refractivity contribution < 1.29 is 14.3 Å². The van der Waals surface area contributed by atoms with Crippen LogP contribution in [0.2, 0.25) is 0 Å². The van der Waals surface area contributed by atoms with E-state index in [0.29, 0.717) is 11.4 Å². The van der Waals surface area contributed by atoms with Crippen molar-refractivity contribution in [2.24, 2.45) is 0 Å². The third kappa shape index (κ3) is 4.08. The Hall–Kier alpha value is -2.60. The lowest BCUT2D eigenvalue weighted by atomic mass is 9.81. The molecule has 1 aliphatic heterocycles. The quantitative estimate of drug-likeness (QED) is 0.798. The summed E-state index contributed by atoms with van der Waals surface area (Å²) in [5, 5.41) is 0. The van der Waals surface area contributed by atoms with Gasteiger partial charge >= 0.3 is 0 Å². The number of carbonyl (C=O) groups is 1. The van der Waals surface area contributed by atoms with Gasteiger partial charge in [-0.15, -0.1) is 0 Å². The number of benzene rings is 1. The van der Waals surface area contributed by atoms with Crippen molar-refractivity contribution in [1.29, 1.82) is 0 Å². The first kappa shape index (κ1) is 19.7. The molecular weight excluding hydrogens is 366 g/mol. The molecule has 1 saturated carbocycles. The number of carbonyl (C=O) groups excluding carboxylic acids is 1. The molecule has 1 amide bonds. The number of hydrogen-bond acceptors (Lipinski definition) is 5. The highest BCUT2D eigenvalue weighted by atomic mass is 16.5. The number of aromatic nitrogens is 1. The maximum atomic E-state index is 12.9. The van der Waals surface area contributed by atoms with Crippen LogP contribution in [0.1, 0.15) is 41.6 Å². The van der Waals surface area contributed by atoms with E-state index in [2.05, 4.69) is 35.1 Å². The molecule has 29 heavy (non-hydrogen) atoms. The van der Waals surface area contributed by atoms with Crippen LogP contribution >= 0.6 is 0 Å². The van der Waals surface area contributed by atoms with Crippen LogP contribution in [-0.4, -0.2) is 60.1 Å². The third-order valence-electron chi connectivity index (χ3n) is 6.22. The fourth-order valence-electron chi connectivity index (χ4n) is 4.61. The first-order chi connectivity index (χ1) is 14.0. The maximum Gasteiger partial charge on any atom is 0.255 e. The van der Waals surface area contributed by atoms with Crippen LogP contribution in [0, 0.1) is 0 Å². The molecule has 0 bridgehead atoms. The Kier molecular flexibility index (Phi) is 5.46. The van der Waals surface area contributed by atoms with E-state index in [9.17, 15) is 4.79 Å². The number of para-hydroxylation sites is 1. The lowest BCUT2D eigenvalue weighted by Gasteiger charge is -2.43. The Morgan fingerprint density at radius 3 is 2.69 bits per heavy atom. The molecule has 1 fully saturated rings. The van der Waals surface area contributed by atoms with Crippen LogP contribution in [0.3, 0.4) is 0 Å². The number of amides is 1. The summed E-state index contributed by atoms with van der Waals surface area (Å²) in [5.41, 5.74) is 1.66.